The van der Waals surface area contributed by atoms with Crippen LogP contribution in [0.1, 0.15) is 24.6 Å². The number of hydrogen-bond donors (Lipinski definition) is 1. The van der Waals surface area contributed by atoms with Crippen molar-refractivity contribution in [1.29, 1.82) is 0 Å². The molecule has 2 atom stereocenters. The smallest absolute Gasteiger partial charge is 0.107 e. The van der Waals surface area contributed by atoms with E-state index in [4.69, 9.17) is 17.3 Å². The van der Waals surface area contributed by atoms with E-state index in [-0.39, 0.29) is 0 Å². The van der Waals surface area contributed by atoms with Crippen molar-refractivity contribution in [2.45, 2.75) is 32.4 Å². The van der Waals surface area contributed by atoms with Crippen LogP contribution in [-0.2, 0) is 6.54 Å². The van der Waals surface area contributed by atoms with Crippen LogP contribution in [0, 0.1) is 5.92 Å². The summed E-state index contributed by atoms with van der Waals surface area (Å²) in [4.78, 5) is 3.81. The highest BCUT2D eigenvalue weighted by Gasteiger charge is 2.25. The van der Waals surface area contributed by atoms with Gasteiger partial charge in [0, 0.05) is 28.5 Å². The Kier molecular flexibility index (Phi) is 4.89. The number of likely N-dealkylation sites (tertiary alicyclic amines) is 1. The molecule has 1 aliphatic rings. The molecule has 0 spiro atoms. The number of piperidine rings is 1. The molecule has 2 heterocycles. The fourth-order valence-electron chi connectivity index (χ4n) is 2.42. The first-order valence-electron chi connectivity index (χ1n) is 5.98. The summed E-state index contributed by atoms with van der Waals surface area (Å²) in [5.74, 6) is 0.804. The lowest BCUT2D eigenvalue weighted by Gasteiger charge is -2.37. The Morgan fingerprint density at radius 3 is 3.00 bits per heavy atom. The highest BCUT2D eigenvalue weighted by atomic mass is 79.9. The van der Waals surface area contributed by atoms with Crippen molar-refractivity contribution in [3.63, 3.8) is 0 Å². The number of hydrogen-bond acceptors (Lipinski definition) is 3. The summed E-state index contributed by atoms with van der Waals surface area (Å²) >= 11 is 11.2. The highest BCUT2D eigenvalue weighted by molar-refractivity contribution is 9.10. The molecule has 1 saturated heterocycles. The van der Waals surface area contributed by atoms with Gasteiger partial charge in [-0.25, -0.2) is 0 Å². The molecule has 0 amide bonds. The molecule has 0 radical (unpaired) electrons. The molecule has 0 aromatic carbocycles. The van der Waals surface area contributed by atoms with Gasteiger partial charge in [-0.05, 0) is 47.3 Å². The standard InChI is InChI=1S/C12H18BrClN2S/c1-8-2-3-16(9(4-8)6-15)7-10-5-11(13)12(14)17-10/h5,8-9H,2-4,6-7,15H2,1H3. The summed E-state index contributed by atoms with van der Waals surface area (Å²) in [7, 11) is 0. The summed E-state index contributed by atoms with van der Waals surface area (Å²) in [5, 5.41) is 0. The quantitative estimate of drug-likeness (QED) is 0.910. The first-order valence-corrected chi connectivity index (χ1v) is 7.96. The molecule has 2 rings (SSSR count). The van der Waals surface area contributed by atoms with Crippen molar-refractivity contribution in [3.8, 4) is 0 Å². The second kappa shape index (κ2) is 6.02. The maximum absolute atomic E-state index is 6.07. The fourth-order valence-corrected chi connectivity index (χ4v) is 4.24. The topological polar surface area (TPSA) is 29.3 Å². The van der Waals surface area contributed by atoms with Crippen LogP contribution in [0.25, 0.3) is 0 Å². The molecule has 0 aliphatic carbocycles. The molecule has 17 heavy (non-hydrogen) atoms. The van der Waals surface area contributed by atoms with Gasteiger partial charge in [0.1, 0.15) is 4.34 Å². The number of halogens is 2. The Balaban J connectivity index is 2.02. The molecular weight excluding hydrogens is 320 g/mol. The van der Waals surface area contributed by atoms with Crippen LogP contribution < -0.4 is 5.73 Å². The van der Waals surface area contributed by atoms with Gasteiger partial charge in [-0.15, -0.1) is 11.3 Å². The molecule has 2 N–H and O–H groups in total. The van der Waals surface area contributed by atoms with Gasteiger partial charge in [-0.2, -0.15) is 0 Å². The van der Waals surface area contributed by atoms with E-state index in [1.54, 1.807) is 11.3 Å². The average Bonchev–Trinajstić information content (AvgIpc) is 2.60. The highest BCUT2D eigenvalue weighted by Crippen LogP contribution is 2.33. The van der Waals surface area contributed by atoms with Gasteiger partial charge in [0.25, 0.3) is 0 Å². The zero-order valence-corrected chi connectivity index (χ0v) is 13.1. The van der Waals surface area contributed by atoms with Crippen molar-refractivity contribution in [3.05, 3.63) is 19.8 Å². The number of nitrogens with zero attached hydrogens (tertiary/aromatic N) is 1. The van der Waals surface area contributed by atoms with E-state index >= 15 is 0 Å². The number of nitrogens with two attached hydrogens (primary N) is 1. The van der Waals surface area contributed by atoms with E-state index in [1.165, 1.54) is 17.7 Å². The minimum absolute atomic E-state index is 0.526. The average molecular weight is 338 g/mol. The third-order valence-corrected chi connectivity index (χ3v) is 5.89. The van der Waals surface area contributed by atoms with Crippen molar-refractivity contribution >= 4 is 38.9 Å². The molecule has 2 unspecified atom stereocenters. The lowest BCUT2D eigenvalue weighted by molar-refractivity contribution is 0.116. The molecule has 1 aromatic rings. The van der Waals surface area contributed by atoms with Crippen LogP contribution >= 0.6 is 38.9 Å². The summed E-state index contributed by atoms with van der Waals surface area (Å²) in [6.45, 7) is 5.20. The molecule has 0 saturated carbocycles. The molecular formula is C12H18BrClN2S. The first kappa shape index (κ1) is 13.8. The Morgan fingerprint density at radius 2 is 2.41 bits per heavy atom. The molecule has 1 aromatic heterocycles. The van der Waals surface area contributed by atoms with Crippen molar-refractivity contribution in [2.24, 2.45) is 11.7 Å². The summed E-state index contributed by atoms with van der Waals surface area (Å²) in [5.41, 5.74) is 5.87. The van der Waals surface area contributed by atoms with Gasteiger partial charge in [0.05, 0.1) is 0 Å². The Labute approximate surface area is 120 Å². The molecule has 96 valence electrons. The van der Waals surface area contributed by atoms with Gasteiger partial charge in [0.2, 0.25) is 0 Å². The lowest BCUT2D eigenvalue weighted by atomic mass is 9.92. The Morgan fingerprint density at radius 1 is 1.65 bits per heavy atom. The normalized spacial score (nSPS) is 26.4. The number of thiophene rings is 1. The molecule has 1 fully saturated rings. The van der Waals surface area contributed by atoms with Crippen LogP contribution in [0.5, 0.6) is 0 Å². The molecule has 5 heteroatoms. The van der Waals surface area contributed by atoms with Crippen LogP contribution in [0.4, 0.5) is 0 Å². The second-order valence-electron chi connectivity index (χ2n) is 4.82. The lowest BCUT2D eigenvalue weighted by Crippen LogP contribution is -2.45. The van der Waals surface area contributed by atoms with E-state index < -0.39 is 0 Å². The predicted molar refractivity (Wildman–Crippen MR) is 78.7 cm³/mol. The van der Waals surface area contributed by atoms with E-state index in [0.29, 0.717) is 6.04 Å². The maximum atomic E-state index is 6.07. The first-order chi connectivity index (χ1) is 8.10. The van der Waals surface area contributed by atoms with Crippen LogP contribution in [-0.4, -0.2) is 24.0 Å². The van der Waals surface area contributed by atoms with E-state index in [9.17, 15) is 0 Å². The number of rotatable bonds is 3. The minimum atomic E-state index is 0.526. The molecule has 2 nitrogen and oxygen atoms in total. The second-order valence-corrected chi connectivity index (χ2v) is 7.42. The fraction of sp³-hybridized carbons (Fsp3) is 0.667. The van der Waals surface area contributed by atoms with Crippen molar-refractivity contribution in [2.75, 3.05) is 13.1 Å². The van der Waals surface area contributed by atoms with Crippen LogP contribution in [0.15, 0.2) is 10.5 Å². The van der Waals surface area contributed by atoms with Gasteiger partial charge in [-0.1, -0.05) is 18.5 Å². The molecule has 0 bridgehead atoms. The van der Waals surface area contributed by atoms with E-state index in [2.05, 4.69) is 33.8 Å². The van der Waals surface area contributed by atoms with Crippen LogP contribution in [0.3, 0.4) is 0 Å². The molecule has 1 aliphatic heterocycles. The van der Waals surface area contributed by atoms with Crippen molar-refractivity contribution < 1.29 is 0 Å². The van der Waals surface area contributed by atoms with E-state index in [1.807, 2.05) is 0 Å². The van der Waals surface area contributed by atoms with Gasteiger partial charge in [0.15, 0.2) is 0 Å². The Hall–Kier alpha value is 0.390. The predicted octanol–water partition coefficient (Wildman–Crippen LogP) is 3.72. The largest absolute Gasteiger partial charge is 0.329 e. The summed E-state index contributed by atoms with van der Waals surface area (Å²) in [6.07, 6.45) is 2.49. The monoisotopic (exact) mass is 336 g/mol. The summed E-state index contributed by atoms with van der Waals surface area (Å²) < 4.78 is 1.85. The zero-order valence-electron chi connectivity index (χ0n) is 9.96. The third-order valence-electron chi connectivity index (χ3n) is 3.43. The SMILES string of the molecule is CC1CCN(Cc2cc(Br)c(Cl)s2)C(CN)C1. The van der Waals surface area contributed by atoms with Gasteiger partial charge >= 0.3 is 0 Å². The zero-order chi connectivity index (χ0) is 12.4. The van der Waals surface area contributed by atoms with Crippen LogP contribution in [0.2, 0.25) is 4.34 Å². The minimum Gasteiger partial charge on any atom is -0.329 e. The van der Waals surface area contributed by atoms with Crippen molar-refractivity contribution in [1.82, 2.24) is 4.90 Å². The Bertz CT molecular complexity index is 363. The third kappa shape index (κ3) is 3.44. The maximum Gasteiger partial charge on any atom is 0.107 e. The van der Waals surface area contributed by atoms with E-state index in [0.717, 1.165) is 34.4 Å². The van der Waals surface area contributed by atoms with Gasteiger partial charge < -0.3 is 5.73 Å². The van der Waals surface area contributed by atoms with Gasteiger partial charge in [-0.3, -0.25) is 4.90 Å². The summed E-state index contributed by atoms with van der Waals surface area (Å²) in [6, 6.07) is 2.65.